The lowest BCUT2D eigenvalue weighted by molar-refractivity contribution is -0.268. The van der Waals surface area contributed by atoms with E-state index < -0.39 is 18.3 Å². The van der Waals surface area contributed by atoms with Crippen molar-refractivity contribution < 1.29 is 33.3 Å². The number of esters is 1. The fraction of sp³-hybridized carbons (Fsp3) is 0.239. The van der Waals surface area contributed by atoms with E-state index >= 15 is 0 Å². The summed E-state index contributed by atoms with van der Waals surface area (Å²) in [4.78, 5) is 28.9. The number of thioether (sulfide) groups is 1. The van der Waals surface area contributed by atoms with Gasteiger partial charge in [-0.1, -0.05) is 140 Å². The van der Waals surface area contributed by atoms with E-state index in [2.05, 4.69) is 23.6 Å². The molecule has 4 unspecified atom stereocenters. The molecule has 0 aliphatic carbocycles. The molecule has 57 heavy (non-hydrogen) atoms. The quantitative estimate of drug-likeness (QED) is 0.0731. The highest BCUT2D eigenvalue weighted by molar-refractivity contribution is 7.99. The van der Waals surface area contributed by atoms with Crippen molar-refractivity contribution in [3.05, 3.63) is 156 Å². The zero-order valence-electron chi connectivity index (χ0n) is 31.8. The number of nitrogens with zero attached hydrogens (tertiary/aromatic N) is 1. The third-order valence-electron chi connectivity index (χ3n) is 9.76. The molecule has 5 aromatic carbocycles. The van der Waals surface area contributed by atoms with Gasteiger partial charge in [-0.15, -0.1) is 0 Å². The average Bonchev–Trinajstić information content (AvgIpc) is 3.70. The predicted molar refractivity (Wildman–Crippen MR) is 220 cm³/mol. The van der Waals surface area contributed by atoms with Crippen molar-refractivity contribution in [2.24, 2.45) is 5.92 Å². The highest BCUT2D eigenvalue weighted by Crippen LogP contribution is 2.44. The molecule has 6 aromatic rings. The van der Waals surface area contributed by atoms with Crippen LogP contribution in [0.25, 0.3) is 33.7 Å². The van der Waals surface area contributed by atoms with Crippen LogP contribution in [-0.4, -0.2) is 47.1 Å². The number of aliphatic hydroxyl groups excluding tert-OH is 1. The maximum Gasteiger partial charge on any atom is 0.325 e. The molecule has 1 aliphatic rings. The summed E-state index contributed by atoms with van der Waals surface area (Å²) in [5, 5.41) is 15.6. The van der Waals surface area contributed by atoms with Gasteiger partial charge in [0.2, 0.25) is 0 Å². The van der Waals surface area contributed by atoms with Crippen LogP contribution in [0.5, 0.6) is 0 Å². The molecule has 1 saturated heterocycles. The Morgan fingerprint density at radius 2 is 1.44 bits per heavy atom. The van der Waals surface area contributed by atoms with Crippen LogP contribution in [-0.2, 0) is 32.2 Å². The second kappa shape index (κ2) is 18.9. The number of carbonyl (C=O) groups excluding carboxylic acids is 2. The summed E-state index contributed by atoms with van der Waals surface area (Å²) in [5.74, 6) is 0.763. The van der Waals surface area contributed by atoms with Crippen molar-refractivity contribution in [3.63, 3.8) is 0 Å². The van der Waals surface area contributed by atoms with Crippen molar-refractivity contribution in [1.82, 2.24) is 15.6 Å². The summed E-state index contributed by atoms with van der Waals surface area (Å²) < 4.78 is 24.9. The molecule has 7 rings (SSSR count). The van der Waals surface area contributed by atoms with E-state index in [0.717, 1.165) is 56.0 Å². The summed E-state index contributed by atoms with van der Waals surface area (Å²) in [7, 11) is 0. The second-order valence-electron chi connectivity index (χ2n) is 13.7. The summed E-state index contributed by atoms with van der Waals surface area (Å²) >= 11 is 1.52. The topological polar surface area (TPSA) is 132 Å². The first-order chi connectivity index (χ1) is 27.9. The zero-order chi connectivity index (χ0) is 39.6. The summed E-state index contributed by atoms with van der Waals surface area (Å²) in [5.41, 5.74) is 8.23. The molecular formula is C46H45N3O7S. The molecule has 3 N–H and O–H groups in total. The Morgan fingerprint density at radius 1 is 0.754 bits per heavy atom. The number of aliphatic hydroxyl groups is 1. The summed E-state index contributed by atoms with van der Waals surface area (Å²) in [6, 6.07) is 43.5. The van der Waals surface area contributed by atoms with E-state index in [1.807, 2.05) is 127 Å². The van der Waals surface area contributed by atoms with E-state index in [-0.39, 0.29) is 44.4 Å². The van der Waals surface area contributed by atoms with E-state index in [4.69, 9.17) is 23.6 Å². The maximum atomic E-state index is 12.3. The van der Waals surface area contributed by atoms with Crippen LogP contribution in [0.3, 0.4) is 0 Å². The molecule has 4 atom stereocenters. The third kappa shape index (κ3) is 10.00. The number of amides is 2. The van der Waals surface area contributed by atoms with Crippen molar-refractivity contribution >= 4 is 23.8 Å². The first kappa shape index (κ1) is 39.5. The molecule has 1 aromatic heterocycles. The number of ether oxygens (including phenoxy) is 3. The Kier molecular flexibility index (Phi) is 13.1. The van der Waals surface area contributed by atoms with Crippen molar-refractivity contribution in [2.75, 3.05) is 18.9 Å². The van der Waals surface area contributed by atoms with Crippen molar-refractivity contribution in [2.45, 2.75) is 50.7 Å². The summed E-state index contributed by atoms with van der Waals surface area (Å²) in [6.45, 7) is 4.14. The maximum absolute atomic E-state index is 12.3. The number of rotatable bonds is 14. The minimum absolute atomic E-state index is 0.0345. The van der Waals surface area contributed by atoms with Crippen molar-refractivity contribution in [3.8, 4) is 33.7 Å². The number of benzene rings is 5. The van der Waals surface area contributed by atoms with Crippen LogP contribution < -0.4 is 10.6 Å². The van der Waals surface area contributed by atoms with Gasteiger partial charge in [-0.05, 0) is 46.9 Å². The van der Waals surface area contributed by atoms with E-state index in [9.17, 15) is 14.7 Å². The lowest BCUT2D eigenvalue weighted by Gasteiger charge is -2.41. The minimum atomic E-state index is -0.675. The average molecular weight is 784 g/mol. The standard InChI is InChI=1S/C46H45N3O7S/c1-3-53-40(51)27-48-45(52)47-26-32-12-10-17-36(24-32)37-18-11-19-38(25-37)44-54-39(30(2)42(55-44)35-22-20-31(28-50)21-23-35)29-57-46-49-41(33-13-6-4-7-14-33)43(56-46)34-15-8-5-9-16-34/h4-25,30,39,42,44,50H,3,26-29H2,1-2H3,(H2,47,48,52). The normalized spacial score (nSPS) is 17.8. The molecule has 0 saturated carbocycles. The van der Waals surface area contributed by atoms with Crippen LogP contribution in [0.1, 0.15) is 48.5 Å². The van der Waals surface area contributed by atoms with Crippen molar-refractivity contribution in [1.29, 1.82) is 0 Å². The van der Waals surface area contributed by atoms with Gasteiger partial charge < -0.3 is 34.4 Å². The minimum Gasteiger partial charge on any atom is -0.465 e. The molecule has 0 bridgehead atoms. The van der Waals surface area contributed by atoms with Crippen LogP contribution in [0.15, 0.2) is 143 Å². The largest absolute Gasteiger partial charge is 0.465 e. The summed E-state index contributed by atoms with van der Waals surface area (Å²) in [6.07, 6.45) is -1.21. The number of urea groups is 1. The number of hydrogen-bond acceptors (Lipinski definition) is 9. The monoisotopic (exact) mass is 783 g/mol. The second-order valence-corrected chi connectivity index (χ2v) is 14.7. The number of aromatic nitrogens is 1. The van der Waals surface area contributed by atoms with Gasteiger partial charge in [-0.2, -0.15) is 0 Å². The molecular weight excluding hydrogens is 739 g/mol. The van der Waals surface area contributed by atoms with Gasteiger partial charge in [-0.25, -0.2) is 9.78 Å². The van der Waals surface area contributed by atoms with Gasteiger partial charge in [-0.3, -0.25) is 4.79 Å². The Balaban J connectivity index is 1.11. The number of oxazole rings is 1. The predicted octanol–water partition coefficient (Wildman–Crippen LogP) is 9.11. The van der Waals surface area contributed by atoms with Gasteiger partial charge in [0.25, 0.3) is 5.22 Å². The van der Waals surface area contributed by atoms with E-state index in [1.54, 1.807) is 6.92 Å². The number of hydrogen-bond donors (Lipinski definition) is 3. The first-order valence-corrected chi connectivity index (χ1v) is 20.0. The number of carbonyl (C=O) groups is 2. The Morgan fingerprint density at radius 3 is 2.16 bits per heavy atom. The highest BCUT2D eigenvalue weighted by atomic mass is 32.2. The fourth-order valence-corrected chi connectivity index (χ4v) is 7.72. The van der Waals surface area contributed by atoms with Gasteiger partial charge >= 0.3 is 12.0 Å². The Labute approximate surface area is 336 Å². The molecule has 2 amide bonds. The molecule has 2 heterocycles. The van der Waals surface area contributed by atoms with Crippen LogP contribution in [0, 0.1) is 5.92 Å². The highest BCUT2D eigenvalue weighted by Gasteiger charge is 2.39. The molecule has 10 nitrogen and oxygen atoms in total. The molecule has 0 radical (unpaired) electrons. The van der Waals surface area contributed by atoms with Crippen LogP contribution in [0.2, 0.25) is 0 Å². The molecule has 11 heteroatoms. The van der Waals surface area contributed by atoms with Crippen LogP contribution >= 0.6 is 11.8 Å². The zero-order valence-corrected chi connectivity index (χ0v) is 32.6. The molecule has 292 valence electrons. The van der Waals surface area contributed by atoms with Gasteiger partial charge in [0.15, 0.2) is 12.1 Å². The van der Waals surface area contributed by atoms with E-state index in [0.29, 0.717) is 11.0 Å². The molecule has 0 spiro atoms. The Bertz CT molecular complexity index is 2190. The number of nitrogens with one attached hydrogen (secondary N) is 2. The molecule has 1 aliphatic heterocycles. The lowest BCUT2D eigenvalue weighted by atomic mass is 9.91. The van der Waals surface area contributed by atoms with Gasteiger partial charge in [0.1, 0.15) is 12.2 Å². The van der Waals surface area contributed by atoms with Crippen LogP contribution in [0.4, 0.5) is 4.79 Å². The Hall–Kier alpha value is -5.72. The SMILES string of the molecule is CCOC(=O)CNC(=O)NCc1cccc(-c2cccc(C3OC(CSc4nc(-c5ccccc5)c(-c5ccccc5)o4)C(C)C(c4ccc(CO)cc4)O3)c2)c1. The smallest absolute Gasteiger partial charge is 0.325 e. The molecule has 1 fully saturated rings. The first-order valence-electron chi connectivity index (χ1n) is 19.0. The van der Waals surface area contributed by atoms with E-state index in [1.165, 1.54) is 11.8 Å². The lowest BCUT2D eigenvalue weighted by Crippen LogP contribution is -2.38. The third-order valence-corrected chi connectivity index (χ3v) is 10.7. The van der Waals surface area contributed by atoms with Gasteiger partial charge in [0.05, 0.1) is 25.4 Å². The van der Waals surface area contributed by atoms with Gasteiger partial charge in [0, 0.05) is 34.9 Å². The fourth-order valence-electron chi connectivity index (χ4n) is 6.74.